The maximum atomic E-state index is 11.5. The molecule has 1 saturated heterocycles. The average Bonchev–Trinajstić information content (AvgIpc) is 2.64. The molecule has 0 atom stereocenters. The molecule has 0 radical (unpaired) electrons. The smallest absolute Gasteiger partial charge is 0.292 e. The van der Waals surface area contributed by atoms with E-state index >= 15 is 0 Å². The number of hydrogen-bond donors (Lipinski definition) is 0. The van der Waals surface area contributed by atoms with Crippen LogP contribution in [0.15, 0.2) is 24.3 Å². The van der Waals surface area contributed by atoms with Gasteiger partial charge >= 0.3 is 0 Å². The topological polar surface area (TPSA) is 63.5 Å². The number of para-hydroxylation sites is 2. The Bertz CT molecular complexity index is 417. The Kier molecular flexibility index (Phi) is 2.37. The molecule has 0 spiro atoms. The normalized spacial score (nSPS) is 15.7. The van der Waals surface area contributed by atoms with Crippen LogP contribution in [0.1, 0.15) is 12.8 Å². The maximum absolute atomic E-state index is 11.5. The molecule has 1 aromatic carbocycles. The Hall–Kier alpha value is -1.91. The summed E-state index contributed by atoms with van der Waals surface area (Å²) in [5.74, 6) is -0.0377. The molecule has 0 unspecified atom stereocenters. The van der Waals surface area contributed by atoms with Gasteiger partial charge in [-0.25, -0.2) is 0 Å². The largest absolute Gasteiger partial charge is 0.306 e. The fraction of sp³-hybridized carbons (Fsp3) is 0.300. The predicted octanol–water partition coefficient (Wildman–Crippen LogP) is 1.72. The van der Waals surface area contributed by atoms with Crippen molar-refractivity contribution in [1.29, 1.82) is 0 Å². The highest BCUT2D eigenvalue weighted by molar-refractivity contribution is 5.97. The molecular formula is C10H10N2O3. The molecule has 15 heavy (non-hydrogen) atoms. The van der Waals surface area contributed by atoms with E-state index in [1.54, 1.807) is 18.2 Å². The number of benzene rings is 1. The molecule has 0 aliphatic carbocycles. The van der Waals surface area contributed by atoms with Crippen LogP contribution in [0.4, 0.5) is 11.4 Å². The van der Waals surface area contributed by atoms with E-state index in [0.29, 0.717) is 18.7 Å². The quantitative estimate of drug-likeness (QED) is 0.546. The van der Waals surface area contributed by atoms with E-state index in [-0.39, 0.29) is 11.6 Å². The fourth-order valence-electron chi connectivity index (χ4n) is 1.75. The lowest BCUT2D eigenvalue weighted by molar-refractivity contribution is -0.384. The second kappa shape index (κ2) is 3.68. The summed E-state index contributed by atoms with van der Waals surface area (Å²) in [6.45, 7) is 0.573. The van der Waals surface area contributed by atoms with Crippen molar-refractivity contribution in [3.8, 4) is 0 Å². The monoisotopic (exact) mass is 206 g/mol. The average molecular weight is 206 g/mol. The first-order valence-corrected chi connectivity index (χ1v) is 4.74. The third-order valence-electron chi connectivity index (χ3n) is 2.44. The Morgan fingerprint density at radius 1 is 1.33 bits per heavy atom. The van der Waals surface area contributed by atoms with Gasteiger partial charge in [0.2, 0.25) is 5.91 Å². The van der Waals surface area contributed by atoms with E-state index in [2.05, 4.69) is 0 Å². The van der Waals surface area contributed by atoms with Crippen molar-refractivity contribution < 1.29 is 9.72 Å². The van der Waals surface area contributed by atoms with Crippen molar-refractivity contribution in [3.63, 3.8) is 0 Å². The molecule has 1 aliphatic rings. The summed E-state index contributed by atoms with van der Waals surface area (Å²) in [6, 6.07) is 6.33. The number of nitro groups is 1. The molecule has 0 saturated carbocycles. The zero-order valence-corrected chi connectivity index (χ0v) is 8.05. The molecule has 1 aromatic rings. The van der Waals surface area contributed by atoms with E-state index in [9.17, 15) is 14.9 Å². The Morgan fingerprint density at radius 3 is 2.67 bits per heavy atom. The third-order valence-corrected chi connectivity index (χ3v) is 2.44. The lowest BCUT2D eigenvalue weighted by Gasteiger charge is -2.14. The van der Waals surface area contributed by atoms with Crippen molar-refractivity contribution in [2.24, 2.45) is 0 Å². The SMILES string of the molecule is O=C1CCCN1c1ccccc1[N+](=O)[O-]. The van der Waals surface area contributed by atoms with Gasteiger partial charge in [0.05, 0.1) is 4.92 Å². The van der Waals surface area contributed by atoms with Gasteiger partial charge in [-0.1, -0.05) is 12.1 Å². The van der Waals surface area contributed by atoms with Crippen LogP contribution in [0.3, 0.4) is 0 Å². The van der Waals surface area contributed by atoms with E-state index in [4.69, 9.17) is 0 Å². The van der Waals surface area contributed by atoms with Crippen molar-refractivity contribution in [2.45, 2.75) is 12.8 Å². The Balaban J connectivity index is 2.42. The van der Waals surface area contributed by atoms with Crippen LogP contribution in [-0.2, 0) is 4.79 Å². The number of nitrogens with zero attached hydrogens (tertiary/aromatic N) is 2. The van der Waals surface area contributed by atoms with Crippen LogP contribution in [0, 0.1) is 10.1 Å². The highest BCUT2D eigenvalue weighted by Crippen LogP contribution is 2.30. The molecule has 0 bridgehead atoms. The second-order valence-corrected chi connectivity index (χ2v) is 3.39. The van der Waals surface area contributed by atoms with Gasteiger partial charge in [0, 0.05) is 19.0 Å². The molecule has 1 aliphatic heterocycles. The van der Waals surface area contributed by atoms with Crippen molar-refractivity contribution in [1.82, 2.24) is 0 Å². The minimum Gasteiger partial charge on any atom is -0.306 e. The summed E-state index contributed by atoms with van der Waals surface area (Å²) in [7, 11) is 0. The van der Waals surface area contributed by atoms with Gasteiger partial charge < -0.3 is 4.90 Å². The van der Waals surface area contributed by atoms with Gasteiger partial charge in [-0.3, -0.25) is 14.9 Å². The molecule has 78 valence electrons. The molecule has 1 amide bonds. The zero-order chi connectivity index (χ0) is 10.8. The van der Waals surface area contributed by atoms with E-state index in [1.165, 1.54) is 11.0 Å². The van der Waals surface area contributed by atoms with Crippen LogP contribution >= 0.6 is 0 Å². The van der Waals surface area contributed by atoms with Gasteiger partial charge in [0.25, 0.3) is 5.69 Å². The lowest BCUT2D eigenvalue weighted by Crippen LogP contribution is -2.24. The van der Waals surface area contributed by atoms with Crippen LogP contribution in [0.25, 0.3) is 0 Å². The number of carbonyl (C=O) groups excluding carboxylic acids is 1. The molecule has 5 nitrogen and oxygen atoms in total. The summed E-state index contributed by atoms with van der Waals surface area (Å²) < 4.78 is 0. The second-order valence-electron chi connectivity index (χ2n) is 3.39. The summed E-state index contributed by atoms with van der Waals surface area (Å²) >= 11 is 0. The van der Waals surface area contributed by atoms with Crippen molar-refractivity contribution in [3.05, 3.63) is 34.4 Å². The molecule has 1 heterocycles. The van der Waals surface area contributed by atoms with Gasteiger partial charge in [-0.2, -0.15) is 0 Å². The summed E-state index contributed by atoms with van der Waals surface area (Å²) in [4.78, 5) is 23.2. The number of hydrogen-bond acceptors (Lipinski definition) is 3. The van der Waals surface area contributed by atoms with Crippen molar-refractivity contribution >= 4 is 17.3 Å². The van der Waals surface area contributed by atoms with E-state index in [1.807, 2.05) is 0 Å². The molecular weight excluding hydrogens is 196 g/mol. The first kappa shape index (κ1) is 9.64. The van der Waals surface area contributed by atoms with E-state index in [0.717, 1.165) is 6.42 Å². The molecule has 0 N–H and O–H groups in total. The molecule has 2 rings (SSSR count). The van der Waals surface area contributed by atoms with Gasteiger partial charge in [0.15, 0.2) is 0 Å². The number of nitro benzene ring substituents is 1. The molecule has 5 heteroatoms. The minimum absolute atomic E-state index is 0.00671. The summed E-state index contributed by atoms with van der Waals surface area (Å²) in [6.07, 6.45) is 1.25. The highest BCUT2D eigenvalue weighted by Gasteiger charge is 2.27. The standard InChI is InChI=1S/C10H10N2O3/c13-10-6-3-7-11(10)8-4-1-2-5-9(8)12(14)15/h1-2,4-5H,3,6-7H2. The van der Waals surface area contributed by atoms with E-state index < -0.39 is 4.92 Å². The number of carbonyl (C=O) groups is 1. The summed E-state index contributed by atoms with van der Waals surface area (Å²) in [5.41, 5.74) is 0.401. The third kappa shape index (κ3) is 1.68. The molecule has 0 aromatic heterocycles. The number of anilines is 1. The first-order valence-electron chi connectivity index (χ1n) is 4.74. The predicted molar refractivity (Wildman–Crippen MR) is 54.7 cm³/mol. The first-order chi connectivity index (χ1) is 7.20. The van der Waals surface area contributed by atoms with Crippen LogP contribution in [-0.4, -0.2) is 17.4 Å². The van der Waals surface area contributed by atoms with Gasteiger partial charge in [-0.15, -0.1) is 0 Å². The highest BCUT2D eigenvalue weighted by atomic mass is 16.6. The number of rotatable bonds is 2. The Morgan fingerprint density at radius 2 is 2.07 bits per heavy atom. The van der Waals surface area contributed by atoms with Crippen LogP contribution < -0.4 is 4.90 Å². The van der Waals surface area contributed by atoms with Gasteiger partial charge in [0.1, 0.15) is 5.69 Å². The lowest BCUT2D eigenvalue weighted by atomic mass is 10.2. The van der Waals surface area contributed by atoms with Crippen molar-refractivity contribution in [2.75, 3.05) is 11.4 Å². The Labute approximate surface area is 86.5 Å². The van der Waals surface area contributed by atoms with Crippen LogP contribution in [0.5, 0.6) is 0 Å². The zero-order valence-electron chi connectivity index (χ0n) is 8.05. The maximum Gasteiger partial charge on any atom is 0.292 e. The summed E-state index contributed by atoms with van der Waals surface area (Å²) in [5, 5.41) is 10.8. The van der Waals surface area contributed by atoms with Crippen LogP contribution in [0.2, 0.25) is 0 Å². The fourth-order valence-corrected chi connectivity index (χ4v) is 1.75. The van der Waals surface area contributed by atoms with Gasteiger partial charge in [-0.05, 0) is 12.5 Å². The molecule has 1 fully saturated rings. The minimum atomic E-state index is -0.457. The number of amides is 1.